The first-order valence-corrected chi connectivity index (χ1v) is 11.1. The molecule has 0 radical (unpaired) electrons. The van der Waals surface area contributed by atoms with E-state index in [0.29, 0.717) is 30.2 Å². The van der Waals surface area contributed by atoms with Gasteiger partial charge in [-0.25, -0.2) is 9.59 Å². The standard InChI is InChI=1S/C27H27N3O6/c1-4-26(32)35-17-5-16-34-22-11-13-23(14-12-22)36-27(33)24-15-8-20(18-25(24)31)29-28-19-6-9-21(10-7-19)30(2)3/h4,6-15,18,31H,1,5,16-17H2,2-3H3/b29-28+. The molecule has 3 rings (SSSR count). The van der Waals surface area contributed by atoms with Crippen LogP contribution in [0.15, 0.2) is 89.6 Å². The number of hydrogen-bond donors (Lipinski definition) is 1. The average molecular weight is 490 g/mol. The van der Waals surface area contributed by atoms with Gasteiger partial charge < -0.3 is 24.2 Å². The van der Waals surface area contributed by atoms with Gasteiger partial charge in [0, 0.05) is 38.3 Å². The van der Waals surface area contributed by atoms with Crippen molar-refractivity contribution >= 4 is 29.0 Å². The number of nitrogens with zero attached hydrogens (tertiary/aromatic N) is 3. The monoisotopic (exact) mass is 489 g/mol. The molecule has 3 aromatic rings. The number of benzene rings is 3. The van der Waals surface area contributed by atoms with E-state index in [9.17, 15) is 14.7 Å². The summed E-state index contributed by atoms with van der Waals surface area (Å²) >= 11 is 0. The lowest BCUT2D eigenvalue weighted by Gasteiger charge is -2.11. The molecule has 0 aliphatic carbocycles. The summed E-state index contributed by atoms with van der Waals surface area (Å²) in [7, 11) is 3.90. The molecule has 9 nitrogen and oxygen atoms in total. The molecule has 0 heterocycles. The molecule has 0 fully saturated rings. The van der Waals surface area contributed by atoms with Gasteiger partial charge in [-0.2, -0.15) is 10.2 Å². The van der Waals surface area contributed by atoms with Crippen LogP contribution in [-0.4, -0.2) is 44.4 Å². The third-order valence-corrected chi connectivity index (χ3v) is 4.85. The summed E-state index contributed by atoms with van der Waals surface area (Å²) < 4.78 is 15.8. The number of carbonyl (C=O) groups excluding carboxylic acids is 2. The van der Waals surface area contributed by atoms with E-state index in [1.54, 1.807) is 30.3 Å². The molecule has 0 amide bonds. The number of phenolic OH excluding ortho intramolecular Hbond substituents is 1. The first-order valence-electron chi connectivity index (χ1n) is 11.1. The van der Waals surface area contributed by atoms with Gasteiger partial charge in [-0.1, -0.05) is 6.58 Å². The summed E-state index contributed by atoms with van der Waals surface area (Å²) in [5.41, 5.74) is 2.09. The highest BCUT2D eigenvalue weighted by molar-refractivity contribution is 5.94. The van der Waals surface area contributed by atoms with Crippen LogP contribution in [0.5, 0.6) is 17.2 Å². The lowest BCUT2D eigenvalue weighted by atomic mass is 10.2. The Kier molecular flexibility index (Phi) is 9.16. The molecule has 36 heavy (non-hydrogen) atoms. The molecule has 0 aliphatic rings. The lowest BCUT2D eigenvalue weighted by molar-refractivity contribution is -0.137. The molecule has 9 heteroatoms. The molecule has 0 saturated heterocycles. The molecule has 0 unspecified atom stereocenters. The van der Waals surface area contributed by atoms with E-state index < -0.39 is 11.9 Å². The van der Waals surface area contributed by atoms with Crippen molar-refractivity contribution in [2.45, 2.75) is 6.42 Å². The summed E-state index contributed by atoms with van der Waals surface area (Å²) in [5, 5.41) is 18.6. The molecule has 0 atom stereocenters. The Hall–Kier alpha value is -4.66. The molecule has 186 valence electrons. The van der Waals surface area contributed by atoms with Crippen molar-refractivity contribution in [2.24, 2.45) is 10.2 Å². The Morgan fingerprint density at radius 1 is 0.917 bits per heavy atom. The van der Waals surface area contributed by atoms with Crippen molar-refractivity contribution in [1.82, 2.24) is 0 Å². The summed E-state index contributed by atoms with van der Waals surface area (Å²) in [6.45, 7) is 3.90. The van der Waals surface area contributed by atoms with Gasteiger partial charge in [0.25, 0.3) is 0 Å². The number of phenols is 1. The minimum Gasteiger partial charge on any atom is -0.507 e. The highest BCUT2D eigenvalue weighted by atomic mass is 16.5. The van der Waals surface area contributed by atoms with Crippen LogP contribution in [0.2, 0.25) is 0 Å². The minimum atomic E-state index is -0.715. The zero-order chi connectivity index (χ0) is 25.9. The van der Waals surface area contributed by atoms with Crippen molar-refractivity contribution in [3.05, 3.63) is 84.9 Å². The number of carbonyl (C=O) groups is 2. The Morgan fingerprint density at radius 2 is 1.56 bits per heavy atom. The van der Waals surface area contributed by atoms with Crippen LogP contribution in [0, 0.1) is 0 Å². The Morgan fingerprint density at radius 3 is 2.19 bits per heavy atom. The minimum absolute atomic E-state index is 0.00122. The summed E-state index contributed by atoms with van der Waals surface area (Å²) in [5.74, 6) is -0.600. The van der Waals surface area contributed by atoms with Crippen molar-refractivity contribution in [3.63, 3.8) is 0 Å². The van der Waals surface area contributed by atoms with Gasteiger partial charge >= 0.3 is 11.9 Å². The van der Waals surface area contributed by atoms with Crippen LogP contribution < -0.4 is 14.4 Å². The second kappa shape index (κ2) is 12.7. The fraction of sp³-hybridized carbons (Fsp3) is 0.185. The second-order valence-corrected chi connectivity index (χ2v) is 7.75. The van der Waals surface area contributed by atoms with Crippen molar-refractivity contribution < 1.29 is 28.9 Å². The molecule has 3 aromatic carbocycles. The molecular weight excluding hydrogens is 462 g/mol. The lowest BCUT2D eigenvalue weighted by Crippen LogP contribution is -2.09. The number of azo groups is 1. The van der Waals surface area contributed by atoms with Gasteiger partial charge in [-0.05, 0) is 60.7 Å². The Labute approximate surface area is 209 Å². The smallest absolute Gasteiger partial charge is 0.347 e. The van der Waals surface area contributed by atoms with E-state index in [-0.39, 0.29) is 23.7 Å². The molecule has 0 saturated carbocycles. The largest absolute Gasteiger partial charge is 0.507 e. The first-order chi connectivity index (χ1) is 17.4. The highest BCUT2D eigenvalue weighted by Crippen LogP contribution is 2.28. The Bertz CT molecular complexity index is 1220. The van der Waals surface area contributed by atoms with E-state index >= 15 is 0 Å². The SMILES string of the molecule is C=CC(=O)OCCCOc1ccc(OC(=O)c2ccc(/N=N/c3ccc(N(C)C)cc3)cc2O)cc1. The quantitative estimate of drug-likeness (QED) is 0.123. The van der Waals surface area contributed by atoms with Crippen molar-refractivity contribution in [3.8, 4) is 17.2 Å². The van der Waals surface area contributed by atoms with Gasteiger partial charge in [-0.3, -0.25) is 0 Å². The van der Waals surface area contributed by atoms with Crippen LogP contribution in [-0.2, 0) is 9.53 Å². The predicted octanol–water partition coefficient (Wildman–Crippen LogP) is 5.59. The molecular formula is C27H27N3O6. The number of esters is 2. The van der Waals surface area contributed by atoms with E-state index in [1.165, 1.54) is 12.1 Å². The first kappa shape index (κ1) is 26.0. The summed E-state index contributed by atoms with van der Waals surface area (Å²) in [6.07, 6.45) is 1.63. The molecule has 0 aromatic heterocycles. The molecule has 0 aliphatic heterocycles. The number of ether oxygens (including phenoxy) is 3. The zero-order valence-electron chi connectivity index (χ0n) is 20.1. The maximum atomic E-state index is 12.5. The zero-order valence-corrected chi connectivity index (χ0v) is 20.1. The highest BCUT2D eigenvalue weighted by Gasteiger charge is 2.14. The third kappa shape index (κ3) is 7.69. The van der Waals surface area contributed by atoms with Crippen LogP contribution in [0.3, 0.4) is 0 Å². The van der Waals surface area contributed by atoms with Crippen LogP contribution in [0.1, 0.15) is 16.8 Å². The van der Waals surface area contributed by atoms with E-state index in [2.05, 4.69) is 16.8 Å². The van der Waals surface area contributed by atoms with Gasteiger partial charge in [-0.15, -0.1) is 0 Å². The molecule has 1 N–H and O–H groups in total. The van der Waals surface area contributed by atoms with Gasteiger partial charge in [0.2, 0.25) is 0 Å². The van der Waals surface area contributed by atoms with Crippen LogP contribution in [0.25, 0.3) is 0 Å². The van der Waals surface area contributed by atoms with Crippen molar-refractivity contribution in [1.29, 1.82) is 0 Å². The van der Waals surface area contributed by atoms with E-state index in [0.717, 1.165) is 11.8 Å². The molecule has 0 spiro atoms. The fourth-order valence-electron chi connectivity index (χ4n) is 2.93. The van der Waals surface area contributed by atoms with E-state index in [1.807, 2.05) is 43.3 Å². The van der Waals surface area contributed by atoms with Crippen LogP contribution in [0.4, 0.5) is 17.1 Å². The summed E-state index contributed by atoms with van der Waals surface area (Å²) in [6, 6.07) is 18.3. The fourth-order valence-corrected chi connectivity index (χ4v) is 2.93. The van der Waals surface area contributed by atoms with Gasteiger partial charge in [0.05, 0.1) is 24.6 Å². The normalized spacial score (nSPS) is 10.6. The topological polar surface area (TPSA) is 110 Å². The third-order valence-electron chi connectivity index (χ3n) is 4.85. The number of hydrogen-bond acceptors (Lipinski definition) is 9. The number of rotatable bonds is 11. The van der Waals surface area contributed by atoms with Gasteiger partial charge in [0.1, 0.15) is 22.8 Å². The van der Waals surface area contributed by atoms with Crippen molar-refractivity contribution in [2.75, 3.05) is 32.2 Å². The predicted molar refractivity (Wildman–Crippen MR) is 136 cm³/mol. The maximum Gasteiger partial charge on any atom is 0.347 e. The average Bonchev–Trinajstić information content (AvgIpc) is 2.88. The van der Waals surface area contributed by atoms with Gasteiger partial charge in [0.15, 0.2) is 0 Å². The maximum absolute atomic E-state index is 12.5. The van der Waals surface area contributed by atoms with Crippen LogP contribution >= 0.6 is 0 Å². The number of anilines is 1. The second-order valence-electron chi connectivity index (χ2n) is 7.75. The summed E-state index contributed by atoms with van der Waals surface area (Å²) in [4.78, 5) is 25.5. The van der Waals surface area contributed by atoms with E-state index in [4.69, 9.17) is 14.2 Å². The number of aromatic hydroxyl groups is 1. The Balaban J connectivity index is 1.52. The molecule has 0 bridgehead atoms.